The number of thiazole rings is 1. The maximum Gasteiger partial charge on any atom is 0.326 e. The first-order valence-electron chi connectivity index (χ1n) is 6.36. The van der Waals surface area contributed by atoms with Gasteiger partial charge in [0.05, 0.1) is 21.8 Å². The highest BCUT2D eigenvalue weighted by atomic mass is 35.5. The first-order valence-corrected chi connectivity index (χ1v) is 8.38. The third-order valence-electron chi connectivity index (χ3n) is 2.73. The van der Waals surface area contributed by atoms with Gasteiger partial charge < -0.3 is 0 Å². The number of aromatic nitrogens is 2. The average molecular weight is 394 g/mol. The molecular formula is C13H11Cl3N4O2S. The summed E-state index contributed by atoms with van der Waals surface area (Å²) in [4.78, 5) is 31.9. The van der Waals surface area contributed by atoms with Gasteiger partial charge in [0.2, 0.25) is 0 Å². The lowest BCUT2D eigenvalue weighted by atomic mass is 10.1. The molecule has 0 aliphatic carbocycles. The monoisotopic (exact) mass is 392 g/mol. The standard InChI is InChI=1S/C13H11Cl3N4O2S/c1-5(2)8-12(23-4-17-8)20-13(22)19-11(21)6-3-7(14)10(16)18-9(6)15/h3-5H,1-2H3,(H2,19,20,21,22). The van der Waals surface area contributed by atoms with E-state index in [0.29, 0.717) is 5.00 Å². The van der Waals surface area contributed by atoms with Crippen molar-refractivity contribution < 1.29 is 9.59 Å². The van der Waals surface area contributed by atoms with Crippen molar-refractivity contribution in [1.29, 1.82) is 0 Å². The number of rotatable bonds is 3. The van der Waals surface area contributed by atoms with E-state index in [0.717, 1.165) is 5.69 Å². The number of nitrogens with zero attached hydrogens (tertiary/aromatic N) is 2. The molecule has 0 saturated carbocycles. The van der Waals surface area contributed by atoms with Crippen molar-refractivity contribution in [3.63, 3.8) is 0 Å². The van der Waals surface area contributed by atoms with Crippen LogP contribution in [0, 0.1) is 0 Å². The molecule has 2 heterocycles. The molecular weight excluding hydrogens is 383 g/mol. The average Bonchev–Trinajstić information content (AvgIpc) is 2.90. The van der Waals surface area contributed by atoms with Gasteiger partial charge in [-0.3, -0.25) is 15.4 Å². The molecule has 0 aliphatic heterocycles. The van der Waals surface area contributed by atoms with Crippen LogP contribution in [0.2, 0.25) is 15.3 Å². The number of imide groups is 1. The van der Waals surface area contributed by atoms with Gasteiger partial charge in [0.15, 0.2) is 0 Å². The summed E-state index contributed by atoms with van der Waals surface area (Å²) in [5.74, 6) is -0.602. The molecule has 2 rings (SSSR count). The van der Waals surface area contributed by atoms with Crippen LogP contribution in [-0.4, -0.2) is 21.9 Å². The second kappa shape index (κ2) is 7.44. The molecule has 122 valence electrons. The summed E-state index contributed by atoms with van der Waals surface area (Å²) in [6.07, 6.45) is 0. The van der Waals surface area contributed by atoms with Gasteiger partial charge in [-0.15, -0.1) is 11.3 Å². The number of hydrogen-bond acceptors (Lipinski definition) is 5. The summed E-state index contributed by atoms with van der Waals surface area (Å²) in [6.45, 7) is 3.90. The van der Waals surface area contributed by atoms with E-state index >= 15 is 0 Å². The van der Waals surface area contributed by atoms with Crippen molar-refractivity contribution in [2.75, 3.05) is 5.32 Å². The van der Waals surface area contributed by atoms with Crippen LogP contribution < -0.4 is 10.6 Å². The Morgan fingerprint density at radius 1 is 1.22 bits per heavy atom. The molecule has 23 heavy (non-hydrogen) atoms. The minimum atomic E-state index is -0.742. The minimum Gasteiger partial charge on any atom is -0.297 e. The summed E-state index contributed by atoms with van der Waals surface area (Å²) in [5.41, 5.74) is 2.31. The number of anilines is 1. The fourth-order valence-corrected chi connectivity index (χ4v) is 3.06. The van der Waals surface area contributed by atoms with E-state index in [1.165, 1.54) is 17.4 Å². The van der Waals surface area contributed by atoms with Crippen molar-refractivity contribution in [3.05, 3.63) is 38.2 Å². The largest absolute Gasteiger partial charge is 0.326 e. The lowest BCUT2D eigenvalue weighted by molar-refractivity contribution is 0.0967. The van der Waals surface area contributed by atoms with Crippen molar-refractivity contribution >= 4 is 63.1 Å². The SMILES string of the molecule is CC(C)c1ncsc1NC(=O)NC(=O)c1cc(Cl)c(Cl)nc1Cl. The molecule has 0 bridgehead atoms. The normalized spacial score (nSPS) is 10.7. The van der Waals surface area contributed by atoms with E-state index in [1.54, 1.807) is 5.51 Å². The van der Waals surface area contributed by atoms with Crippen LogP contribution in [0.15, 0.2) is 11.6 Å². The van der Waals surface area contributed by atoms with Gasteiger partial charge in [-0.05, 0) is 12.0 Å². The van der Waals surface area contributed by atoms with Crippen LogP contribution in [-0.2, 0) is 0 Å². The molecule has 0 saturated heterocycles. The van der Waals surface area contributed by atoms with Gasteiger partial charge in [-0.1, -0.05) is 48.7 Å². The van der Waals surface area contributed by atoms with Crippen LogP contribution in [0.5, 0.6) is 0 Å². The van der Waals surface area contributed by atoms with Crippen LogP contribution in [0.4, 0.5) is 9.80 Å². The Hall–Kier alpha value is -1.41. The molecule has 3 amide bonds. The summed E-state index contributed by atoms with van der Waals surface area (Å²) < 4.78 is 0. The lowest BCUT2D eigenvalue weighted by Crippen LogP contribution is -2.34. The molecule has 0 atom stereocenters. The van der Waals surface area contributed by atoms with E-state index in [2.05, 4.69) is 20.6 Å². The van der Waals surface area contributed by atoms with Gasteiger partial charge >= 0.3 is 6.03 Å². The van der Waals surface area contributed by atoms with Gasteiger partial charge in [-0.2, -0.15) is 0 Å². The number of pyridine rings is 1. The Balaban J connectivity index is 2.10. The van der Waals surface area contributed by atoms with E-state index in [4.69, 9.17) is 34.8 Å². The third-order valence-corrected chi connectivity index (χ3v) is 4.45. The number of carbonyl (C=O) groups is 2. The lowest BCUT2D eigenvalue weighted by Gasteiger charge is -2.09. The summed E-state index contributed by atoms with van der Waals surface area (Å²) in [5, 5.41) is 5.19. The number of nitrogens with one attached hydrogen (secondary N) is 2. The Bertz CT molecular complexity index is 764. The number of urea groups is 1. The van der Waals surface area contributed by atoms with Crippen LogP contribution >= 0.6 is 46.1 Å². The molecule has 0 spiro atoms. The highest BCUT2D eigenvalue weighted by Crippen LogP contribution is 2.27. The van der Waals surface area contributed by atoms with Gasteiger partial charge in [0.1, 0.15) is 15.3 Å². The van der Waals surface area contributed by atoms with E-state index in [1.807, 2.05) is 13.8 Å². The maximum atomic E-state index is 12.1. The molecule has 2 aromatic rings. The Labute approximate surface area is 151 Å². The number of halogens is 3. The van der Waals surface area contributed by atoms with Crippen molar-refractivity contribution in [3.8, 4) is 0 Å². The van der Waals surface area contributed by atoms with E-state index in [-0.39, 0.29) is 26.8 Å². The maximum absolute atomic E-state index is 12.1. The molecule has 2 aromatic heterocycles. The van der Waals surface area contributed by atoms with Gasteiger partial charge in [-0.25, -0.2) is 14.8 Å². The number of carbonyl (C=O) groups excluding carboxylic acids is 2. The second-order valence-corrected chi connectivity index (χ2v) is 6.71. The van der Waals surface area contributed by atoms with Crippen LogP contribution in [0.25, 0.3) is 0 Å². The van der Waals surface area contributed by atoms with Crippen molar-refractivity contribution in [1.82, 2.24) is 15.3 Å². The predicted octanol–water partition coefficient (Wildman–Crippen LogP) is 4.58. The molecule has 0 fully saturated rings. The van der Waals surface area contributed by atoms with E-state index in [9.17, 15) is 9.59 Å². The van der Waals surface area contributed by atoms with Gasteiger partial charge in [0, 0.05) is 0 Å². The topological polar surface area (TPSA) is 84.0 Å². The number of hydrogen-bond donors (Lipinski definition) is 2. The smallest absolute Gasteiger partial charge is 0.297 e. The van der Waals surface area contributed by atoms with E-state index < -0.39 is 11.9 Å². The molecule has 10 heteroatoms. The zero-order valence-corrected chi connectivity index (χ0v) is 15.1. The molecule has 6 nitrogen and oxygen atoms in total. The second-order valence-electron chi connectivity index (χ2n) is 4.73. The third kappa shape index (κ3) is 4.32. The highest BCUT2D eigenvalue weighted by Gasteiger charge is 2.19. The molecule has 2 N–H and O–H groups in total. The predicted molar refractivity (Wildman–Crippen MR) is 92.0 cm³/mol. The first kappa shape index (κ1) is 17.9. The molecule has 0 radical (unpaired) electrons. The zero-order valence-electron chi connectivity index (χ0n) is 12.0. The molecule has 0 aromatic carbocycles. The quantitative estimate of drug-likeness (QED) is 0.747. The highest BCUT2D eigenvalue weighted by molar-refractivity contribution is 7.14. The summed E-state index contributed by atoms with van der Waals surface area (Å²) in [6, 6.07) is 0.539. The Kier molecular flexibility index (Phi) is 5.80. The van der Waals surface area contributed by atoms with Crippen molar-refractivity contribution in [2.45, 2.75) is 19.8 Å². The van der Waals surface area contributed by atoms with Crippen molar-refractivity contribution in [2.24, 2.45) is 0 Å². The molecule has 0 unspecified atom stereocenters. The van der Waals surface area contributed by atoms with Crippen LogP contribution in [0.3, 0.4) is 0 Å². The molecule has 0 aliphatic rings. The fraction of sp³-hybridized carbons (Fsp3) is 0.231. The minimum absolute atomic E-state index is 0.0242. The fourth-order valence-electron chi connectivity index (χ4n) is 1.67. The Morgan fingerprint density at radius 3 is 2.57 bits per heavy atom. The first-order chi connectivity index (χ1) is 10.8. The summed E-state index contributed by atoms with van der Waals surface area (Å²) >= 11 is 18.6. The number of amides is 3. The van der Waals surface area contributed by atoms with Crippen LogP contribution in [0.1, 0.15) is 35.8 Å². The van der Waals surface area contributed by atoms with Gasteiger partial charge in [0.25, 0.3) is 5.91 Å². The Morgan fingerprint density at radius 2 is 1.91 bits per heavy atom. The zero-order chi connectivity index (χ0) is 17.1. The summed E-state index contributed by atoms with van der Waals surface area (Å²) in [7, 11) is 0.